The minimum absolute atomic E-state index is 0.0267. The molecule has 0 aromatic rings. The van der Waals surface area contributed by atoms with Gasteiger partial charge in [0.25, 0.3) is 0 Å². The standard InChI is InChI=1S/C24H39FN4O3/c1-15-5-6-20(25)19-12-21(27-23(15)19)24(31)26-16-3-2-4-17(11-16)28-8-9-29(22(30)13-28)18-7-10-32-14-18/h15-21,23,27H,2-14H2,1H3,(H,26,31)/t15?,16-,17-,18?,19?,20?,21?,23?/m1/s1. The van der Waals surface area contributed by atoms with E-state index in [0.717, 1.165) is 58.2 Å². The maximum absolute atomic E-state index is 14.4. The Morgan fingerprint density at radius 2 is 2.00 bits per heavy atom. The van der Waals surface area contributed by atoms with Crippen LogP contribution in [0, 0.1) is 11.8 Å². The lowest BCUT2D eigenvalue weighted by molar-refractivity contribution is -0.140. The summed E-state index contributed by atoms with van der Waals surface area (Å²) in [5, 5.41) is 6.72. The highest BCUT2D eigenvalue weighted by Gasteiger charge is 2.46. The largest absolute Gasteiger partial charge is 0.379 e. The molecule has 3 heterocycles. The average Bonchev–Trinajstić information content (AvgIpc) is 3.47. The third kappa shape index (κ3) is 4.55. The number of hydrogen-bond acceptors (Lipinski definition) is 5. The molecule has 0 aromatic heterocycles. The normalized spacial score (nSPS) is 43.3. The van der Waals surface area contributed by atoms with E-state index in [1.165, 1.54) is 0 Å². The zero-order chi connectivity index (χ0) is 22.2. The van der Waals surface area contributed by atoms with Crippen LogP contribution in [-0.4, -0.2) is 90.8 Å². The molecule has 3 aliphatic heterocycles. The molecule has 5 fully saturated rings. The summed E-state index contributed by atoms with van der Waals surface area (Å²) in [6.07, 6.45) is 6.32. The van der Waals surface area contributed by atoms with Crippen molar-refractivity contribution in [3.63, 3.8) is 0 Å². The van der Waals surface area contributed by atoms with Crippen molar-refractivity contribution in [2.75, 3.05) is 32.8 Å². The first-order valence-corrected chi connectivity index (χ1v) is 12.8. The summed E-state index contributed by atoms with van der Waals surface area (Å²) in [5.74, 6) is 0.647. The summed E-state index contributed by atoms with van der Waals surface area (Å²) in [6.45, 7) is 5.75. The van der Waals surface area contributed by atoms with Crippen molar-refractivity contribution < 1.29 is 18.7 Å². The third-order valence-electron chi connectivity index (χ3n) is 8.80. The monoisotopic (exact) mass is 450 g/mol. The van der Waals surface area contributed by atoms with Crippen LogP contribution in [0.4, 0.5) is 4.39 Å². The molecule has 8 heteroatoms. The molecule has 0 spiro atoms. The van der Waals surface area contributed by atoms with Gasteiger partial charge in [0.05, 0.1) is 25.2 Å². The van der Waals surface area contributed by atoms with Crippen molar-refractivity contribution in [1.29, 1.82) is 0 Å². The molecule has 5 rings (SSSR count). The number of carbonyl (C=O) groups is 2. The number of amides is 2. The predicted octanol–water partition coefficient (Wildman–Crippen LogP) is 1.46. The lowest BCUT2D eigenvalue weighted by atomic mass is 9.77. The van der Waals surface area contributed by atoms with Crippen LogP contribution in [0.25, 0.3) is 0 Å². The van der Waals surface area contributed by atoms with E-state index in [1.807, 2.05) is 4.90 Å². The molecule has 2 N–H and O–H groups in total. The molecular formula is C24H39FN4O3. The second-order valence-electron chi connectivity index (χ2n) is 10.8. The van der Waals surface area contributed by atoms with Crippen LogP contribution in [0.2, 0.25) is 0 Å². The maximum atomic E-state index is 14.4. The Balaban J connectivity index is 1.12. The van der Waals surface area contributed by atoms with E-state index < -0.39 is 6.17 Å². The fourth-order valence-corrected chi connectivity index (χ4v) is 6.90. The van der Waals surface area contributed by atoms with Gasteiger partial charge in [-0.3, -0.25) is 14.5 Å². The predicted molar refractivity (Wildman–Crippen MR) is 119 cm³/mol. The van der Waals surface area contributed by atoms with Crippen molar-refractivity contribution in [2.45, 2.75) is 94.7 Å². The molecule has 32 heavy (non-hydrogen) atoms. The average molecular weight is 451 g/mol. The van der Waals surface area contributed by atoms with E-state index in [2.05, 4.69) is 22.5 Å². The topological polar surface area (TPSA) is 73.9 Å². The Morgan fingerprint density at radius 3 is 2.75 bits per heavy atom. The summed E-state index contributed by atoms with van der Waals surface area (Å²) in [4.78, 5) is 30.1. The zero-order valence-corrected chi connectivity index (χ0v) is 19.3. The van der Waals surface area contributed by atoms with E-state index in [0.29, 0.717) is 38.0 Å². The van der Waals surface area contributed by atoms with Crippen LogP contribution in [0.1, 0.15) is 58.3 Å². The quantitative estimate of drug-likeness (QED) is 0.679. The molecule has 6 unspecified atom stereocenters. The highest BCUT2D eigenvalue weighted by molar-refractivity contribution is 5.82. The molecule has 5 aliphatic rings. The highest BCUT2D eigenvalue weighted by Crippen LogP contribution is 2.38. The maximum Gasteiger partial charge on any atom is 0.237 e. The Bertz CT molecular complexity index is 685. The van der Waals surface area contributed by atoms with Gasteiger partial charge in [0.15, 0.2) is 0 Å². The van der Waals surface area contributed by atoms with Gasteiger partial charge < -0.3 is 20.3 Å². The summed E-state index contributed by atoms with van der Waals surface area (Å²) in [7, 11) is 0. The van der Waals surface area contributed by atoms with E-state index in [-0.39, 0.29) is 41.9 Å². The van der Waals surface area contributed by atoms with Crippen LogP contribution in [0.3, 0.4) is 0 Å². The minimum Gasteiger partial charge on any atom is -0.379 e. The fraction of sp³-hybridized carbons (Fsp3) is 0.917. The third-order valence-corrected chi connectivity index (χ3v) is 8.80. The summed E-state index contributed by atoms with van der Waals surface area (Å²) >= 11 is 0. The number of halogens is 1. The highest BCUT2D eigenvalue weighted by atomic mass is 19.1. The first kappa shape index (κ1) is 22.5. The van der Waals surface area contributed by atoms with Gasteiger partial charge in [0.2, 0.25) is 11.8 Å². The van der Waals surface area contributed by atoms with Crippen molar-refractivity contribution in [1.82, 2.24) is 20.4 Å². The van der Waals surface area contributed by atoms with Gasteiger partial charge in [-0.2, -0.15) is 0 Å². The second kappa shape index (κ2) is 9.55. The number of hydrogen-bond donors (Lipinski definition) is 2. The molecule has 180 valence electrons. The van der Waals surface area contributed by atoms with E-state index >= 15 is 0 Å². The van der Waals surface area contributed by atoms with Gasteiger partial charge >= 0.3 is 0 Å². The first-order valence-electron chi connectivity index (χ1n) is 12.8. The van der Waals surface area contributed by atoms with Crippen LogP contribution in [0.5, 0.6) is 0 Å². The number of nitrogens with one attached hydrogen (secondary N) is 2. The van der Waals surface area contributed by atoms with Gasteiger partial charge in [0.1, 0.15) is 6.17 Å². The number of rotatable bonds is 4. The Labute approximate surface area is 190 Å². The lowest BCUT2D eigenvalue weighted by Crippen LogP contribution is -2.58. The second-order valence-corrected chi connectivity index (χ2v) is 10.8. The smallest absolute Gasteiger partial charge is 0.237 e. The van der Waals surface area contributed by atoms with Crippen LogP contribution >= 0.6 is 0 Å². The van der Waals surface area contributed by atoms with Gasteiger partial charge in [-0.05, 0) is 57.3 Å². The number of piperazine rings is 1. The number of nitrogens with zero attached hydrogens (tertiary/aromatic N) is 2. The molecule has 2 aliphatic carbocycles. The fourth-order valence-electron chi connectivity index (χ4n) is 6.90. The molecule has 2 amide bonds. The molecule has 0 aromatic carbocycles. The molecule has 7 nitrogen and oxygen atoms in total. The summed E-state index contributed by atoms with van der Waals surface area (Å²) < 4.78 is 19.9. The van der Waals surface area contributed by atoms with E-state index in [9.17, 15) is 14.0 Å². The Kier molecular flexibility index (Phi) is 6.72. The van der Waals surface area contributed by atoms with Crippen molar-refractivity contribution in [2.24, 2.45) is 11.8 Å². The number of ether oxygens (including phenoxy) is 1. The SMILES string of the molecule is CC1CCC(F)C2CC(C(=O)N[C@@H]3CCC[C@@H](N4CCN(C5CCOC5)C(=O)C4)C3)NC12. The van der Waals surface area contributed by atoms with Crippen molar-refractivity contribution in [3.8, 4) is 0 Å². The zero-order valence-electron chi connectivity index (χ0n) is 19.3. The molecule has 0 bridgehead atoms. The molecular weight excluding hydrogens is 411 g/mol. The minimum atomic E-state index is -0.785. The van der Waals surface area contributed by atoms with Crippen molar-refractivity contribution in [3.05, 3.63) is 0 Å². The van der Waals surface area contributed by atoms with E-state index in [1.54, 1.807) is 0 Å². The van der Waals surface area contributed by atoms with Gasteiger partial charge in [-0.15, -0.1) is 0 Å². The number of carbonyl (C=O) groups excluding carboxylic acids is 2. The van der Waals surface area contributed by atoms with Crippen LogP contribution < -0.4 is 10.6 Å². The summed E-state index contributed by atoms with van der Waals surface area (Å²) in [5.41, 5.74) is 0. The van der Waals surface area contributed by atoms with Crippen molar-refractivity contribution >= 4 is 11.8 Å². The Hall–Kier alpha value is -1.25. The Morgan fingerprint density at radius 1 is 1.12 bits per heavy atom. The van der Waals surface area contributed by atoms with Crippen LogP contribution in [0.15, 0.2) is 0 Å². The molecule has 2 saturated carbocycles. The lowest BCUT2D eigenvalue weighted by Gasteiger charge is -2.43. The number of fused-ring (bicyclic) bond motifs is 1. The molecule has 3 saturated heterocycles. The number of alkyl halides is 1. The van der Waals surface area contributed by atoms with Gasteiger partial charge in [-0.25, -0.2) is 4.39 Å². The van der Waals surface area contributed by atoms with Gasteiger partial charge in [-0.1, -0.05) is 6.92 Å². The van der Waals surface area contributed by atoms with Crippen LogP contribution in [-0.2, 0) is 14.3 Å². The molecule has 8 atom stereocenters. The first-order chi connectivity index (χ1) is 15.5. The summed E-state index contributed by atoms with van der Waals surface area (Å²) in [6, 6.07) is 0.580. The van der Waals surface area contributed by atoms with E-state index in [4.69, 9.17) is 4.74 Å². The van der Waals surface area contributed by atoms with Gasteiger partial charge in [0, 0.05) is 43.7 Å². The molecule has 0 radical (unpaired) electrons.